The molecule has 1 aromatic carbocycles. The molecule has 2 aromatic heterocycles. The lowest BCUT2D eigenvalue weighted by molar-refractivity contribution is 0.101. The maximum Gasteiger partial charge on any atom is 0.170 e. The number of hydrogen-bond acceptors (Lipinski definition) is 4. The number of hydrogen-bond donors (Lipinski definition) is 0. The third-order valence-corrected chi connectivity index (χ3v) is 6.07. The van der Waals surface area contributed by atoms with E-state index < -0.39 is 0 Å². The Kier molecular flexibility index (Phi) is 3.69. The first-order valence-corrected chi connectivity index (χ1v) is 8.32. The van der Waals surface area contributed by atoms with Crippen LogP contribution in [0.5, 0.6) is 0 Å². The van der Waals surface area contributed by atoms with Gasteiger partial charge in [0.15, 0.2) is 11.6 Å². The van der Waals surface area contributed by atoms with Crippen LogP contribution in [0, 0.1) is 0 Å². The van der Waals surface area contributed by atoms with Crippen LogP contribution in [0.3, 0.4) is 0 Å². The van der Waals surface area contributed by atoms with E-state index in [1.165, 1.54) is 22.7 Å². The lowest BCUT2D eigenvalue weighted by atomic mass is 10.0. The van der Waals surface area contributed by atoms with Crippen LogP contribution in [0.25, 0.3) is 20.5 Å². The Hall–Kier alpha value is -1.49. The first kappa shape index (κ1) is 14.4. The molecule has 0 aliphatic rings. The van der Waals surface area contributed by atoms with E-state index in [0.29, 0.717) is 5.02 Å². The van der Waals surface area contributed by atoms with Gasteiger partial charge in [0.1, 0.15) is 0 Å². The lowest BCUT2D eigenvalue weighted by Crippen LogP contribution is -1.91. The Balaban J connectivity index is 2.30. The van der Waals surface area contributed by atoms with Crippen molar-refractivity contribution in [3.05, 3.63) is 45.1 Å². The van der Waals surface area contributed by atoms with E-state index in [0.717, 1.165) is 30.3 Å². The minimum absolute atomic E-state index is 0.0396. The fraction of sp³-hybridized carbons (Fsp3) is 0.125. The van der Waals surface area contributed by atoms with Crippen molar-refractivity contribution in [3.8, 4) is 11.1 Å². The molecule has 0 N–H and O–H groups in total. The molecule has 3 aromatic rings. The predicted molar refractivity (Wildman–Crippen MR) is 90.2 cm³/mol. The summed E-state index contributed by atoms with van der Waals surface area (Å²) in [5.74, 6) is 0.0903. The molecule has 0 spiro atoms. The van der Waals surface area contributed by atoms with Gasteiger partial charge in [-0.25, -0.2) is 0 Å². The van der Waals surface area contributed by atoms with E-state index in [1.807, 2.05) is 30.3 Å². The van der Waals surface area contributed by atoms with Gasteiger partial charge in [0, 0.05) is 16.0 Å². The van der Waals surface area contributed by atoms with Crippen LogP contribution in [-0.4, -0.2) is 11.6 Å². The van der Waals surface area contributed by atoms with Crippen LogP contribution < -0.4 is 0 Å². The minimum Gasteiger partial charge on any atom is -0.294 e. The first-order chi connectivity index (χ1) is 9.97. The Labute approximate surface area is 135 Å². The zero-order chi connectivity index (χ0) is 15.1. The molecule has 106 valence electrons. The molecule has 0 bridgehead atoms. The lowest BCUT2D eigenvalue weighted by Gasteiger charge is -2.02. The van der Waals surface area contributed by atoms with Gasteiger partial charge in [-0.05, 0) is 37.6 Å². The van der Waals surface area contributed by atoms with Crippen LogP contribution in [0.2, 0.25) is 5.02 Å². The number of benzene rings is 1. The monoisotopic (exact) mass is 334 g/mol. The van der Waals surface area contributed by atoms with E-state index in [1.54, 1.807) is 13.8 Å². The molecule has 0 fully saturated rings. The highest BCUT2D eigenvalue weighted by Gasteiger charge is 2.20. The first-order valence-electron chi connectivity index (χ1n) is 6.31. The van der Waals surface area contributed by atoms with Crippen molar-refractivity contribution >= 4 is 55.2 Å². The highest BCUT2D eigenvalue weighted by atomic mass is 35.5. The molecule has 0 unspecified atom stereocenters. The number of halogens is 1. The molecule has 0 aliphatic carbocycles. The van der Waals surface area contributed by atoms with Crippen molar-refractivity contribution in [2.75, 3.05) is 0 Å². The zero-order valence-electron chi connectivity index (χ0n) is 11.4. The third-order valence-electron chi connectivity index (χ3n) is 3.19. The fourth-order valence-corrected chi connectivity index (χ4v) is 4.75. The molecular formula is C16H11ClO2S2. The van der Waals surface area contributed by atoms with Crippen LogP contribution >= 0.6 is 34.3 Å². The quantitative estimate of drug-likeness (QED) is 0.577. The number of thiophene rings is 2. The minimum atomic E-state index is 0.0396. The van der Waals surface area contributed by atoms with Crippen molar-refractivity contribution in [3.63, 3.8) is 0 Å². The van der Waals surface area contributed by atoms with E-state index in [4.69, 9.17) is 11.6 Å². The second kappa shape index (κ2) is 5.37. The SMILES string of the molecule is CC(=O)c1cc2c(-c3ccc(Cl)cc3)c(C(C)=O)sc2s1. The molecule has 2 nitrogen and oxygen atoms in total. The molecule has 5 heteroatoms. The van der Waals surface area contributed by atoms with E-state index in [9.17, 15) is 9.59 Å². The Bertz CT molecular complexity index is 856. The van der Waals surface area contributed by atoms with Crippen LogP contribution in [0.1, 0.15) is 33.2 Å². The molecule has 0 atom stereocenters. The smallest absolute Gasteiger partial charge is 0.170 e. The summed E-state index contributed by atoms with van der Waals surface area (Å²) in [6, 6.07) is 9.31. The normalized spacial score (nSPS) is 11.0. The molecule has 3 rings (SSSR count). The van der Waals surface area contributed by atoms with Crippen LogP contribution in [0.15, 0.2) is 30.3 Å². The summed E-state index contributed by atoms with van der Waals surface area (Å²) in [7, 11) is 0. The number of carbonyl (C=O) groups excluding carboxylic acids is 2. The van der Waals surface area contributed by atoms with Crippen molar-refractivity contribution in [1.29, 1.82) is 0 Å². The molecule has 0 saturated heterocycles. The molecule has 0 amide bonds. The number of Topliss-reactive ketones (excluding diaryl/α,β-unsaturated/α-hetero) is 2. The van der Waals surface area contributed by atoms with Gasteiger partial charge in [-0.15, -0.1) is 22.7 Å². The molecule has 0 radical (unpaired) electrons. The van der Waals surface area contributed by atoms with E-state index in [2.05, 4.69) is 0 Å². The predicted octanol–water partition coefficient (Wildman–Crippen LogP) is 5.69. The summed E-state index contributed by atoms with van der Waals surface area (Å²) in [4.78, 5) is 24.9. The number of rotatable bonds is 3. The van der Waals surface area contributed by atoms with E-state index in [-0.39, 0.29) is 11.6 Å². The standard InChI is InChI=1S/C16H11ClO2S2/c1-8(18)13-7-12-14(10-3-5-11(17)6-4-10)15(9(2)19)21-16(12)20-13/h3-7H,1-2H3. The molecule has 21 heavy (non-hydrogen) atoms. The summed E-state index contributed by atoms with van der Waals surface area (Å²) in [5.41, 5.74) is 1.85. The summed E-state index contributed by atoms with van der Waals surface area (Å²) < 4.78 is 1.01. The van der Waals surface area contributed by atoms with Gasteiger partial charge < -0.3 is 0 Å². The second-order valence-electron chi connectivity index (χ2n) is 4.74. The third kappa shape index (κ3) is 2.55. The molecule has 2 heterocycles. The van der Waals surface area contributed by atoms with Crippen molar-refractivity contribution < 1.29 is 9.59 Å². The average Bonchev–Trinajstić information content (AvgIpc) is 2.97. The van der Waals surface area contributed by atoms with Gasteiger partial charge in [-0.1, -0.05) is 23.7 Å². The van der Waals surface area contributed by atoms with Gasteiger partial charge in [-0.2, -0.15) is 0 Å². The maximum atomic E-state index is 11.9. The highest BCUT2D eigenvalue weighted by Crippen LogP contribution is 2.43. The van der Waals surface area contributed by atoms with Gasteiger partial charge in [0.2, 0.25) is 0 Å². The highest BCUT2D eigenvalue weighted by molar-refractivity contribution is 7.40. The molecular weight excluding hydrogens is 324 g/mol. The van der Waals surface area contributed by atoms with Crippen molar-refractivity contribution in [1.82, 2.24) is 0 Å². The van der Waals surface area contributed by atoms with Crippen LogP contribution in [0.4, 0.5) is 0 Å². The zero-order valence-corrected chi connectivity index (χ0v) is 13.8. The maximum absolute atomic E-state index is 11.9. The van der Waals surface area contributed by atoms with Crippen molar-refractivity contribution in [2.24, 2.45) is 0 Å². The largest absolute Gasteiger partial charge is 0.294 e. The molecule has 0 aliphatic heterocycles. The number of ketones is 2. The Morgan fingerprint density at radius 2 is 1.67 bits per heavy atom. The Morgan fingerprint density at radius 1 is 1.00 bits per heavy atom. The average molecular weight is 335 g/mol. The fourth-order valence-electron chi connectivity index (χ4n) is 2.21. The van der Waals surface area contributed by atoms with Crippen LogP contribution in [-0.2, 0) is 0 Å². The molecule has 0 saturated carbocycles. The summed E-state index contributed by atoms with van der Waals surface area (Å²) in [6.45, 7) is 3.13. The van der Waals surface area contributed by atoms with Gasteiger partial charge in [0.05, 0.1) is 13.8 Å². The summed E-state index contributed by atoms with van der Waals surface area (Å²) in [5, 5.41) is 1.63. The summed E-state index contributed by atoms with van der Waals surface area (Å²) in [6.07, 6.45) is 0. The second-order valence-corrected chi connectivity index (χ2v) is 7.50. The van der Waals surface area contributed by atoms with Gasteiger partial charge in [-0.3, -0.25) is 9.59 Å². The Morgan fingerprint density at radius 3 is 2.24 bits per heavy atom. The van der Waals surface area contributed by atoms with Gasteiger partial charge >= 0.3 is 0 Å². The van der Waals surface area contributed by atoms with Crippen molar-refractivity contribution in [2.45, 2.75) is 13.8 Å². The number of carbonyl (C=O) groups is 2. The number of fused-ring (bicyclic) bond motifs is 1. The summed E-state index contributed by atoms with van der Waals surface area (Å²) >= 11 is 8.83. The van der Waals surface area contributed by atoms with Gasteiger partial charge in [0.25, 0.3) is 0 Å². The topological polar surface area (TPSA) is 34.1 Å². The van der Waals surface area contributed by atoms with E-state index >= 15 is 0 Å².